The van der Waals surface area contributed by atoms with Crippen molar-refractivity contribution in [2.75, 3.05) is 24.6 Å². The van der Waals surface area contributed by atoms with Crippen molar-refractivity contribution in [2.24, 2.45) is 90.8 Å². The Morgan fingerprint density at radius 3 is 1.45 bits per heavy atom. The van der Waals surface area contributed by atoms with Crippen LogP contribution in [-0.2, 0) is 28.9 Å². The molecular formula is C48H72N4O6S2. The fourth-order valence-corrected chi connectivity index (χ4v) is 17.7. The van der Waals surface area contributed by atoms with Crippen LogP contribution < -0.4 is 11.5 Å². The molecule has 0 bridgehead atoms. The predicted octanol–water partition coefficient (Wildman–Crippen LogP) is 8.69. The highest BCUT2D eigenvalue weighted by Gasteiger charge is 2.63. The van der Waals surface area contributed by atoms with Crippen LogP contribution in [0.1, 0.15) is 143 Å². The number of Topliss-reactive ketones (excluding diaryl/α,β-unsaturated/α-hetero) is 2. The van der Waals surface area contributed by atoms with E-state index in [2.05, 4.69) is 38.0 Å². The molecule has 8 fully saturated rings. The minimum absolute atomic E-state index is 0.0329. The number of rotatable bonds is 12. The van der Waals surface area contributed by atoms with Gasteiger partial charge in [-0.3, -0.25) is 9.59 Å². The summed E-state index contributed by atoms with van der Waals surface area (Å²) in [6.07, 6.45) is 19.5. The molecule has 4 N–H and O–H groups in total. The highest BCUT2D eigenvalue weighted by Crippen LogP contribution is 2.67. The van der Waals surface area contributed by atoms with Crippen LogP contribution in [0.25, 0.3) is 0 Å². The number of carbonyl (C=O) groups excluding carboxylic acids is 4. The Bertz CT molecular complexity index is 1650. The lowest BCUT2D eigenvalue weighted by molar-refractivity contribution is -0.141. The van der Waals surface area contributed by atoms with Gasteiger partial charge >= 0.3 is 11.9 Å². The number of ketones is 2. The highest BCUT2D eigenvalue weighted by atomic mass is 32.2. The summed E-state index contributed by atoms with van der Waals surface area (Å²) in [6, 6.07) is 0. The van der Waals surface area contributed by atoms with Gasteiger partial charge in [-0.25, -0.2) is 9.59 Å². The molecule has 10 nitrogen and oxygen atoms in total. The van der Waals surface area contributed by atoms with Crippen molar-refractivity contribution < 1.29 is 28.9 Å². The molecule has 14 atom stereocenters. The first-order chi connectivity index (χ1) is 28.7. The van der Waals surface area contributed by atoms with Crippen LogP contribution in [0.2, 0.25) is 0 Å². The highest BCUT2D eigenvalue weighted by molar-refractivity contribution is 8.00. The average Bonchev–Trinajstić information content (AvgIpc) is 3.71. The zero-order valence-electron chi connectivity index (χ0n) is 36.8. The molecule has 0 aromatic carbocycles. The fourth-order valence-electron chi connectivity index (χ4n) is 15.2. The minimum Gasteiger partial charge on any atom is -0.330 e. The summed E-state index contributed by atoms with van der Waals surface area (Å²) in [4.78, 5) is 64.1. The Morgan fingerprint density at radius 2 is 1.05 bits per heavy atom. The predicted molar refractivity (Wildman–Crippen MR) is 240 cm³/mol. The van der Waals surface area contributed by atoms with Crippen molar-refractivity contribution in [3.8, 4) is 0 Å². The third kappa shape index (κ3) is 8.05. The van der Waals surface area contributed by atoms with Crippen molar-refractivity contribution in [1.82, 2.24) is 0 Å². The van der Waals surface area contributed by atoms with Gasteiger partial charge in [-0.2, -0.15) is 23.5 Å². The molecule has 0 spiro atoms. The lowest BCUT2D eigenvalue weighted by Crippen LogP contribution is -2.57. The van der Waals surface area contributed by atoms with Crippen molar-refractivity contribution in [1.29, 1.82) is 0 Å². The monoisotopic (exact) mass is 864 g/mol. The molecule has 332 valence electrons. The summed E-state index contributed by atoms with van der Waals surface area (Å²) >= 11 is 4.03. The van der Waals surface area contributed by atoms with Crippen LogP contribution >= 0.6 is 23.5 Å². The van der Waals surface area contributed by atoms with E-state index in [0.717, 1.165) is 138 Å². The van der Waals surface area contributed by atoms with Gasteiger partial charge in [0, 0.05) is 58.2 Å². The van der Waals surface area contributed by atoms with E-state index in [1.165, 1.54) is 0 Å². The number of fused-ring (bicyclic) bond motifs is 10. The van der Waals surface area contributed by atoms with Gasteiger partial charge in [-0.15, -0.1) is 0 Å². The van der Waals surface area contributed by atoms with E-state index < -0.39 is 11.9 Å². The Kier molecular flexibility index (Phi) is 13.3. The van der Waals surface area contributed by atoms with Gasteiger partial charge in [0.15, 0.2) is 0 Å². The third-order valence-corrected chi connectivity index (χ3v) is 21.4. The second-order valence-corrected chi connectivity index (χ2v) is 24.1. The lowest BCUT2D eigenvalue weighted by Gasteiger charge is -2.60. The van der Waals surface area contributed by atoms with Crippen molar-refractivity contribution in [2.45, 2.75) is 154 Å². The number of nitrogens with two attached hydrogens (primary N) is 2. The first kappa shape index (κ1) is 44.6. The van der Waals surface area contributed by atoms with E-state index in [9.17, 15) is 19.2 Å². The molecule has 60 heavy (non-hydrogen) atoms. The Balaban J connectivity index is 0.970. The van der Waals surface area contributed by atoms with E-state index in [-0.39, 0.29) is 33.5 Å². The third-order valence-electron chi connectivity index (χ3n) is 18.5. The largest absolute Gasteiger partial charge is 0.358 e. The molecule has 0 aromatic rings. The molecule has 8 rings (SSSR count). The van der Waals surface area contributed by atoms with Gasteiger partial charge in [0.1, 0.15) is 11.6 Å². The molecule has 8 aliphatic rings. The number of thioether (sulfide) groups is 2. The van der Waals surface area contributed by atoms with Gasteiger partial charge in [-0.05, 0) is 174 Å². The molecular weight excluding hydrogens is 793 g/mol. The van der Waals surface area contributed by atoms with Gasteiger partial charge in [0.2, 0.25) is 0 Å². The summed E-state index contributed by atoms with van der Waals surface area (Å²) in [6.45, 7) is 10.6. The smallest absolute Gasteiger partial charge is 0.330 e. The maximum atomic E-state index is 13.3. The zero-order chi connectivity index (χ0) is 42.5. The molecule has 0 saturated heterocycles. The summed E-state index contributed by atoms with van der Waals surface area (Å²) in [5, 5.41) is 10.3. The summed E-state index contributed by atoms with van der Waals surface area (Å²) < 4.78 is 0. The Morgan fingerprint density at radius 1 is 0.633 bits per heavy atom. The van der Waals surface area contributed by atoms with Gasteiger partial charge in [0.25, 0.3) is 0 Å². The van der Waals surface area contributed by atoms with E-state index in [0.29, 0.717) is 83.5 Å². The maximum absolute atomic E-state index is 13.3. The van der Waals surface area contributed by atoms with E-state index in [1.807, 2.05) is 23.5 Å². The van der Waals surface area contributed by atoms with Gasteiger partial charge in [-0.1, -0.05) is 38.0 Å². The Labute approximate surface area is 367 Å². The number of hydrogen-bond acceptors (Lipinski definition) is 12. The molecule has 0 heterocycles. The van der Waals surface area contributed by atoms with Crippen molar-refractivity contribution in [3.05, 3.63) is 12.2 Å². The van der Waals surface area contributed by atoms with Crippen LogP contribution in [0, 0.1) is 69.0 Å². The first-order valence-corrected chi connectivity index (χ1v) is 25.8. The van der Waals surface area contributed by atoms with Gasteiger partial charge in [0.05, 0.1) is 11.4 Å². The van der Waals surface area contributed by atoms with Crippen LogP contribution in [0.15, 0.2) is 22.5 Å². The van der Waals surface area contributed by atoms with Crippen molar-refractivity contribution in [3.63, 3.8) is 0 Å². The van der Waals surface area contributed by atoms with Gasteiger partial charge < -0.3 is 21.1 Å². The number of carbonyl (C=O) groups is 4. The fraction of sp³-hybridized carbons (Fsp3) is 0.833. The standard InChI is InChI=1S/C48H72N4O6S2/c1-45-17-13-29(59-23-5-21-49)25-37(45)39(27-31-33-7-9-41(53)47(33,3)19-15-35(31)45)51-57-43(55)11-12-44(56)58-52-40-28-32-34-8-10-42(54)48(34,4)20-16-36(32)46(2)18-14-30(26-38(40)46)60-24-6-22-50/h11-12,29-38H,5-10,13-28,49-50H2,1-4H3/b12-11+,51-39-,52-40?/t29?,30?,31-,32-,33-,34-,35+,36+,37?,38?,45+,46+,47-,48-/m0/s1. The molecule has 0 radical (unpaired) electrons. The molecule has 8 aliphatic carbocycles. The number of oxime groups is 2. The summed E-state index contributed by atoms with van der Waals surface area (Å²) in [7, 11) is 0. The van der Waals surface area contributed by atoms with E-state index in [1.54, 1.807) is 0 Å². The molecule has 4 unspecified atom stereocenters. The number of nitrogens with zero attached hydrogens (tertiary/aromatic N) is 2. The average molecular weight is 865 g/mol. The Hall–Kier alpha value is -2.02. The normalized spacial score (nSPS) is 44.8. The van der Waals surface area contributed by atoms with Crippen LogP contribution in [0.3, 0.4) is 0 Å². The first-order valence-electron chi connectivity index (χ1n) is 23.7. The molecule has 0 aromatic heterocycles. The second-order valence-electron chi connectivity index (χ2n) is 21.3. The summed E-state index contributed by atoms with van der Waals surface area (Å²) in [5.74, 6) is 4.30. The SMILES string of the molecule is C[C@]12CCC(SCCCN)CC1C(=NOC(=O)/C=C/C(=O)O/N=C1/C[C@@H]3[C@@H](CC[C@]4(C)C(=O)CC[C@@H]34)[C@@]3(C)CCC(SCCCN)CC13)C[C@@H]1[C@H]2CC[C@]2(C)C(=O)CC[C@@H]12. The minimum atomic E-state index is -0.713. The zero-order valence-corrected chi connectivity index (χ0v) is 38.4. The second kappa shape index (κ2) is 17.9. The van der Waals surface area contributed by atoms with E-state index in [4.69, 9.17) is 21.1 Å². The van der Waals surface area contributed by atoms with Crippen LogP contribution in [0.4, 0.5) is 0 Å². The molecule has 0 aliphatic heterocycles. The molecule has 0 amide bonds. The number of hydrogen-bond donors (Lipinski definition) is 2. The summed E-state index contributed by atoms with van der Waals surface area (Å²) in [5.41, 5.74) is 13.1. The van der Waals surface area contributed by atoms with Crippen molar-refractivity contribution >= 4 is 58.5 Å². The quantitative estimate of drug-likeness (QED) is 0.0840. The van der Waals surface area contributed by atoms with Crippen LogP contribution in [-0.4, -0.2) is 70.0 Å². The topological polar surface area (TPSA) is 164 Å². The molecule has 8 saturated carbocycles. The van der Waals surface area contributed by atoms with E-state index >= 15 is 0 Å². The lowest BCUT2D eigenvalue weighted by atomic mass is 9.45. The maximum Gasteiger partial charge on any atom is 0.358 e. The van der Waals surface area contributed by atoms with Crippen LogP contribution in [0.5, 0.6) is 0 Å². The molecule has 12 heteroatoms.